The number of benzene rings is 1. The van der Waals surface area contributed by atoms with Gasteiger partial charge in [0.25, 0.3) is 0 Å². The van der Waals surface area contributed by atoms with Crippen molar-refractivity contribution in [1.29, 1.82) is 0 Å². The highest BCUT2D eigenvalue weighted by Gasteiger charge is 2.29. The van der Waals surface area contributed by atoms with Gasteiger partial charge in [0.2, 0.25) is 0 Å². The second-order valence-corrected chi connectivity index (χ2v) is 5.15. The first-order valence-electron chi connectivity index (χ1n) is 6.80. The van der Waals surface area contributed by atoms with Gasteiger partial charge in [-0.3, -0.25) is 0 Å². The highest BCUT2D eigenvalue weighted by Crippen LogP contribution is 2.34. The summed E-state index contributed by atoms with van der Waals surface area (Å²) in [6.45, 7) is 2.50. The van der Waals surface area contributed by atoms with Crippen molar-refractivity contribution in [2.45, 2.75) is 25.9 Å². The fourth-order valence-corrected chi connectivity index (χ4v) is 2.62. The van der Waals surface area contributed by atoms with Crippen molar-refractivity contribution in [2.75, 3.05) is 6.61 Å². The predicted molar refractivity (Wildman–Crippen MR) is 74.9 cm³/mol. The van der Waals surface area contributed by atoms with E-state index >= 15 is 0 Å². The molecule has 6 heteroatoms. The molecule has 2 N–H and O–H groups in total. The Kier molecular flexibility index (Phi) is 3.39. The first-order chi connectivity index (χ1) is 10.1. The third kappa shape index (κ3) is 2.38. The Balaban J connectivity index is 2.18. The van der Waals surface area contributed by atoms with Gasteiger partial charge in [0, 0.05) is 6.61 Å². The largest absolute Gasteiger partial charge is 0.506 e. The van der Waals surface area contributed by atoms with E-state index in [4.69, 9.17) is 4.74 Å². The summed E-state index contributed by atoms with van der Waals surface area (Å²) in [4.78, 5) is 11.4. The van der Waals surface area contributed by atoms with Gasteiger partial charge in [0.15, 0.2) is 0 Å². The van der Waals surface area contributed by atoms with Gasteiger partial charge in [0.05, 0.1) is 11.9 Å². The maximum absolute atomic E-state index is 11.4. The van der Waals surface area contributed by atoms with Crippen LogP contribution in [0.2, 0.25) is 0 Å². The lowest BCUT2D eigenvalue weighted by Gasteiger charge is -2.15. The smallest absolute Gasteiger partial charge is 0.339 e. The molecule has 1 aromatic heterocycles. The van der Waals surface area contributed by atoms with E-state index in [2.05, 4.69) is 5.10 Å². The molecule has 3 rings (SSSR count). The molecule has 1 aromatic carbocycles. The molecule has 1 aliphatic heterocycles. The van der Waals surface area contributed by atoms with Crippen molar-refractivity contribution in [3.05, 3.63) is 41.2 Å². The number of aromatic carboxylic acids is 1. The molecule has 110 valence electrons. The van der Waals surface area contributed by atoms with Crippen LogP contribution in [0.15, 0.2) is 24.4 Å². The summed E-state index contributed by atoms with van der Waals surface area (Å²) >= 11 is 0. The van der Waals surface area contributed by atoms with E-state index in [1.165, 1.54) is 10.9 Å². The molecule has 0 amide bonds. The number of hydrogen-bond acceptors (Lipinski definition) is 4. The number of rotatable bonds is 3. The lowest BCUT2D eigenvalue weighted by molar-refractivity contribution is 0.0679. The number of nitrogens with zero attached hydrogens (tertiary/aromatic N) is 2. The second-order valence-electron chi connectivity index (χ2n) is 5.15. The van der Waals surface area contributed by atoms with Crippen LogP contribution in [-0.4, -0.2) is 32.6 Å². The zero-order valence-electron chi connectivity index (χ0n) is 11.6. The van der Waals surface area contributed by atoms with Gasteiger partial charge in [-0.15, -0.1) is 0 Å². The van der Waals surface area contributed by atoms with Crippen LogP contribution in [0.4, 0.5) is 0 Å². The van der Waals surface area contributed by atoms with Crippen molar-refractivity contribution >= 4 is 5.97 Å². The number of aromatic nitrogens is 2. The van der Waals surface area contributed by atoms with E-state index in [1.807, 2.05) is 6.92 Å². The minimum Gasteiger partial charge on any atom is -0.506 e. The number of aryl methyl sites for hydroxylation is 1. The summed E-state index contributed by atoms with van der Waals surface area (Å²) in [6.07, 6.45) is 2.63. The third-order valence-electron chi connectivity index (χ3n) is 3.63. The standard InChI is InChI=1S/C15H16N2O4/c1-9-4-5-12(18)11(7-9)17-14(13-3-2-6-21-13)10(8-16-17)15(19)20/h4-5,7-8,13,18H,2-3,6H2,1H3,(H,19,20). The Bertz CT molecular complexity index is 687. The van der Waals surface area contributed by atoms with Crippen LogP contribution >= 0.6 is 0 Å². The van der Waals surface area contributed by atoms with Gasteiger partial charge in [0.1, 0.15) is 23.1 Å². The Hall–Kier alpha value is -2.34. The molecule has 1 saturated heterocycles. The summed E-state index contributed by atoms with van der Waals surface area (Å²) in [5, 5.41) is 23.5. The van der Waals surface area contributed by atoms with Crippen molar-refractivity contribution < 1.29 is 19.7 Å². The summed E-state index contributed by atoms with van der Waals surface area (Å²) in [5.41, 5.74) is 2.02. The number of carboxylic acid groups (broad SMARTS) is 1. The maximum Gasteiger partial charge on any atom is 0.339 e. The minimum absolute atomic E-state index is 0.0554. The lowest BCUT2D eigenvalue weighted by Crippen LogP contribution is -2.11. The van der Waals surface area contributed by atoms with Crippen molar-refractivity contribution in [3.63, 3.8) is 0 Å². The zero-order valence-corrected chi connectivity index (χ0v) is 11.6. The number of phenolic OH excluding ortho intramolecular Hbond substituents is 1. The van der Waals surface area contributed by atoms with Crippen molar-refractivity contribution in [1.82, 2.24) is 9.78 Å². The van der Waals surface area contributed by atoms with Gasteiger partial charge in [-0.1, -0.05) is 6.07 Å². The number of ether oxygens (including phenoxy) is 1. The summed E-state index contributed by atoms with van der Waals surface area (Å²) in [7, 11) is 0. The van der Waals surface area contributed by atoms with Gasteiger partial charge in [-0.25, -0.2) is 9.48 Å². The third-order valence-corrected chi connectivity index (χ3v) is 3.63. The summed E-state index contributed by atoms with van der Waals surface area (Å²) in [6, 6.07) is 5.13. The average Bonchev–Trinajstić information content (AvgIpc) is 3.08. The second kappa shape index (κ2) is 5.21. The molecule has 0 aliphatic carbocycles. The van der Waals surface area contributed by atoms with Gasteiger partial charge in [-0.2, -0.15) is 5.10 Å². The van der Waals surface area contributed by atoms with E-state index in [1.54, 1.807) is 18.2 Å². The van der Waals surface area contributed by atoms with Crippen LogP contribution in [0.1, 0.15) is 40.6 Å². The molecular formula is C15H16N2O4. The van der Waals surface area contributed by atoms with Crippen LogP contribution in [0.3, 0.4) is 0 Å². The van der Waals surface area contributed by atoms with Gasteiger partial charge in [-0.05, 0) is 37.5 Å². The maximum atomic E-state index is 11.4. The number of phenols is 1. The molecule has 1 atom stereocenters. The van der Waals surface area contributed by atoms with Crippen LogP contribution in [0.5, 0.6) is 5.75 Å². The molecule has 1 aliphatic rings. The van der Waals surface area contributed by atoms with Crippen LogP contribution in [-0.2, 0) is 4.74 Å². The number of carboxylic acids is 1. The normalized spacial score (nSPS) is 18.0. The van der Waals surface area contributed by atoms with Gasteiger partial charge >= 0.3 is 5.97 Å². The quantitative estimate of drug-likeness (QED) is 0.906. The fraction of sp³-hybridized carbons (Fsp3) is 0.333. The Morgan fingerprint density at radius 3 is 2.95 bits per heavy atom. The molecule has 2 aromatic rings. The lowest BCUT2D eigenvalue weighted by atomic mass is 10.1. The van der Waals surface area contributed by atoms with E-state index in [0.717, 1.165) is 18.4 Å². The van der Waals surface area contributed by atoms with E-state index in [9.17, 15) is 15.0 Å². The summed E-state index contributed by atoms with van der Waals surface area (Å²) < 4.78 is 7.09. The molecule has 0 spiro atoms. The van der Waals surface area contributed by atoms with E-state index < -0.39 is 5.97 Å². The molecule has 1 fully saturated rings. The average molecular weight is 288 g/mol. The SMILES string of the molecule is Cc1ccc(O)c(-n2ncc(C(=O)O)c2C2CCCO2)c1. The molecular weight excluding hydrogens is 272 g/mol. The van der Waals surface area contributed by atoms with Crippen LogP contribution in [0.25, 0.3) is 5.69 Å². The topological polar surface area (TPSA) is 84.6 Å². The Labute approximate surface area is 121 Å². The number of aromatic hydroxyl groups is 1. The molecule has 0 bridgehead atoms. The first kappa shape index (κ1) is 13.6. The molecule has 0 radical (unpaired) electrons. The molecule has 0 saturated carbocycles. The molecule has 21 heavy (non-hydrogen) atoms. The van der Waals surface area contributed by atoms with Crippen molar-refractivity contribution in [2.24, 2.45) is 0 Å². The highest BCUT2D eigenvalue weighted by molar-refractivity contribution is 5.89. The monoisotopic (exact) mass is 288 g/mol. The van der Waals surface area contributed by atoms with E-state index in [-0.39, 0.29) is 17.4 Å². The Morgan fingerprint density at radius 1 is 1.48 bits per heavy atom. The number of hydrogen-bond donors (Lipinski definition) is 2. The highest BCUT2D eigenvalue weighted by atomic mass is 16.5. The fourth-order valence-electron chi connectivity index (χ4n) is 2.62. The predicted octanol–water partition coefficient (Wildman–Crippen LogP) is 2.44. The zero-order chi connectivity index (χ0) is 15.0. The summed E-state index contributed by atoms with van der Waals surface area (Å²) in [5.74, 6) is -0.987. The first-order valence-corrected chi connectivity index (χ1v) is 6.80. The minimum atomic E-state index is -1.04. The molecule has 1 unspecified atom stereocenters. The molecule has 2 heterocycles. The molecule has 6 nitrogen and oxygen atoms in total. The Morgan fingerprint density at radius 2 is 2.29 bits per heavy atom. The van der Waals surface area contributed by atoms with Crippen molar-refractivity contribution in [3.8, 4) is 11.4 Å². The number of carbonyl (C=O) groups is 1. The van der Waals surface area contributed by atoms with E-state index in [0.29, 0.717) is 18.0 Å². The van der Waals surface area contributed by atoms with Gasteiger partial charge < -0.3 is 14.9 Å². The van der Waals surface area contributed by atoms with Crippen LogP contribution in [0, 0.1) is 6.92 Å². The van der Waals surface area contributed by atoms with Crippen LogP contribution < -0.4 is 0 Å².